The van der Waals surface area contributed by atoms with Crippen LogP contribution in [0, 0.1) is 6.92 Å². The van der Waals surface area contributed by atoms with E-state index in [4.69, 9.17) is 21.1 Å². The highest BCUT2D eigenvalue weighted by molar-refractivity contribution is 7.99. The van der Waals surface area contributed by atoms with Crippen molar-refractivity contribution in [3.05, 3.63) is 77.3 Å². The number of halogens is 1. The highest BCUT2D eigenvalue weighted by Crippen LogP contribution is 2.33. The SMILES string of the molecule is Cc1ccc(-n2c(SCC(=O)Nc3ccc4c(c3)OCCO4)nnc2-c2cccc(Cl)c2)cc1. The molecule has 5 rings (SSSR count). The molecule has 172 valence electrons. The van der Waals surface area contributed by atoms with Crippen molar-refractivity contribution in [1.29, 1.82) is 0 Å². The molecular weight excluding hydrogens is 472 g/mol. The number of hydrogen-bond donors (Lipinski definition) is 1. The lowest BCUT2D eigenvalue weighted by molar-refractivity contribution is -0.113. The van der Waals surface area contributed by atoms with Gasteiger partial charge in [0.1, 0.15) is 13.2 Å². The molecule has 0 bridgehead atoms. The van der Waals surface area contributed by atoms with Crippen molar-refractivity contribution in [2.75, 3.05) is 24.3 Å². The molecule has 0 atom stereocenters. The van der Waals surface area contributed by atoms with Crippen LogP contribution >= 0.6 is 23.4 Å². The average molecular weight is 493 g/mol. The summed E-state index contributed by atoms with van der Waals surface area (Å²) in [5, 5.41) is 12.9. The van der Waals surface area contributed by atoms with E-state index in [-0.39, 0.29) is 11.7 Å². The molecule has 1 amide bonds. The van der Waals surface area contributed by atoms with Crippen molar-refractivity contribution >= 4 is 35.0 Å². The number of aryl methyl sites for hydroxylation is 1. The van der Waals surface area contributed by atoms with E-state index in [1.165, 1.54) is 11.8 Å². The lowest BCUT2D eigenvalue weighted by Gasteiger charge is -2.19. The van der Waals surface area contributed by atoms with Gasteiger partial charge in [-0.3, -0.25) is 9.36 Å². The first kappa shape index (κ1) is 22.3. The molecule has 7 nitrogen and oxygen atoms in total. The Kier molecular flexibility index (Phi) is 6.42. The number of hydrogen-bond acceptors (Lipinski definition) is 6. The van der Waals surface area contributed by atoms with E-state index in [2.05, 4.69) is 15.5 Å². The molecule has 0 spiro atoms. The summed E-state index contributed by atoms with van der Waals surface area (Å²) < 4.78 is 13.1. The minimum absolute atomic E-state index is 0.161. The Morgan fingerprint density at radius 3 is 2.62 bits per heavy atom. The number of nitrogens with one attached hydrogen (secondary N) is 1. The van der Waals surface area contributed by atoms with Crippen LogP contribution in [0.15, 0.2) is 71.9 Å². The fourth-order valence-corrected chi connectivity index (χ4v) is 4.50. The zero-order valence-electron chi connectivity index (χ0n) is 18.3. The van der Waals surface area contributed by atoms with Gasteiger partial charge in [-0.1, -0.05) is 53.2 Å². The maximum atomic E-state index is 12.7. The smallest absolute Gasteiger partial charge is 0.234 e. The summed E-state index contributed by atoms with van der Waals surface area (Å²) in [5.41, 5.74) is 3.54. The number of thioether (sulfide) groups is 1. The molecule has 0 saturated carbocycles. The molecule has 0 saturated heterocycles. The van der Waals surface area contributed by atoms with E-state index in [9.17, 15) is 4.79 Å². The summed E-state index contributed by atoms with van der Waals surface area (Å²) in [6.45, 7) is 3.05. The highest BCUT2D eigenvalue weighted by atomic mass is 35.5. The predicted molar refractivity (Wildman–Crippen MR) is 133 cm³/mol. The van der Waals surface area contributed by atoms with Gasteiger partial charge >= 0.3 is 0 Å². The normalized spacial score (nSPS) is 12.4. The molecule has 1 aliphatic rings. The third kappa shape index (κ3) is 4.88. The monoisotopic (exact) mass is 492 g/mol. The molecule has 1 N–H and O–H groups in total. The second kappa shape index (κ2) is 9.79. The van der Waals surface area contributed by atoms with E-state index in [1.54, 1.807) is 18.2 Å². The van der Waals surface area contributed by atoms with Crippen LogP contribution in [0.1, 0.15) is 5.56 Å². The molecule has 3 aromatic carbocycles. The number of fused-ring (bicyclic) bond motifs is 1. The largest absolute Gasteiger partial charge is 0.486 e. The van der Waals surface area contributed by atoms with Gasteiger partial charge in [-0.25, -0.2) is 0 Å². The minimum Gasteiger partial charge on any atom is -0.486 e. The Morgan fingerprint density at radius 1 is 1.03 bits per heavy atom. The highest BCUT2D eigenvalue weighted by Gasteiger charge is 2.18. The van der Waals surface area contributed by atoms with Crippen molar-refractivity contribution in [3.63, 3.8) is 0 Å². The number of anilines is 1. The lowest BCUT2D eigenvalue weighted by atomic mass is 10.2. The molecule has 0 aliphatic carbocycles. The summed E-state index contributed by atoms with van der Waals surface area (Å²) >= 11 is 7.52. The first-order chi connectivity index (χ1) is 16.6. The summed E-state index contributed by atoms with van der Waals surface area (Å²) in [6.07, 6.45) is 0. The van der Waals surface area contributed by atoms with Gasteiger partial charge in [0, 0.05) is 28.0 Å². The summed E-state index contributed by atoms with van der Waals surface area (Å²) in [4.78, 5) is 12.7. The van der Waals surface area contributed by atoms with E-state index in [1.807, 2.05) is 60.0 Å². The first-order valence-corrected chi connectivity index (χ1v) is 12.0. The standard InChI is InChI=1S/C25H21ClN4O3S/c1-16-5-8-20(9-6-16)30-24(17-3-2-4-18(26)13-17)28-29-25(30)34-15-23(31)27-19-7-10-21-22(14-19)33-12-11-32-21/h2-10,13-14H,11-12,15H2,1H3,(H,27,31). The molecule has 9 heteroatoms. The van der Waals surface area contributed by atoms with E-state index >= 15 is 0 Å². The zero-order valence-corrected chi connectivity index (χ0v) is 19.9. The van der Waals surface area contributed by atoms with Gasteiger partial charge in [0.05, 0.1) is 5.75 Å². The Balaban J connectivity index is 1.37. The molecule has 34 heavy (non-hydrogen) atoms. The molecule has 4 aromatic rings. The second-order valence-corrected chi connectivity index (χ2v) is 9.06. The number of benzene rings is 3. The number of ether oxygens (including phenoxy) is 2. The van der Waals surface area contributed by atoms with Gasteiger partial charge in [0.2, 0.25) is 5.91 Å². The Hall–Kier alpha value is -3.49. The minimum atomic E-state index is -0.163. The quantitative estimate of drug-likeness (QED) is 0.363. The van der Waals surface area contributed by atoms with Crippen LogP contribution in [0.2, 0.25) is 5.02 Å². The molecule has 2 heterocycles. The molecular formula is C25H21ClN4O3S. The third-order valence-corrected chi connectivity index (χ3v) is 6.33. The van der Waals surface area contributed by atoms with Gasteiger partial charge in [-0.2, -0.15) is 0 Å². The maximum absolute atomic E-state index is 12.7. The van der Waals surface area contributed by atoms with Crippen LogP contribution in [-0.4, -0.2) is 39.6 Å². The number of aromatic nitrogens is 3. The molecule has 0 unspecified atom stereocenters. The van der Waals surface area contributed by atoms with Crippen LogP contribution in [0.4, 0.5) is 5.69 Å². The lowest BCUT2D eigenvalue weighted by Crippen LogP contribution is -2.17. The van der Waals surface area contributed by atoms with Crippen LogP contribution < -0.4 is 14.8 Å². The van der Waals surface area contributed by atoms with E-state index in [0.29, 0.717) is 46.4 Å². The Labute approximate surface area is 206 Å². The fraction of sp³-hybridized carbons (Fsp3) is 0.160. The van der Waals surface area contributed by atoms with Crippen molar-refractivity contribution in [1.82, 2.24) is 14.8 Å². The number of rotatable bonds is 6. The van der Waals surface area contributed by atoms with Crippen LogP contribution in [0.5, 0.6) is 11.5 Å². The van der Waals surface area contributed by atoms with Crippen LogP contribution in [-0.2, 0) is 4.79 Å². The summed E-state index contributed by atoms with van der Waals surface area (Å²) in [5.74, 6) is 1.96. The number of carbonyl (C=O) groups excluding carboxylic acids is 1. The van der Waals surface area contributed by atoms with E-state index < -0.39 is 0 Å². The van der Waals surface area contributed by atoms with Gasteiger partial charge < -0.3 is 14.8 Å². The molecule has 0 fully saturated rings. The molecule has 1 aromatic heterocycles. The topological polar surface area (TPSA) is 78.3 Å². The van der Waals surface area contributed by atoms with Crippen molar-refractivity contribution < 1.29 is 14.3 Å². The van der Waals surface area contributed by atoms with Crippen molar-refractivity contribution in [2.24, 2.45) is 0 Å². The molecule has 0 radical (unpaired) electrons. The zero-order chi connectivity index (χ0) is 23.5. The number of amides is 1. The Bertz CT molecular complexity index is 1340. The van der Waals surface area contributed by atoms with Gasteiger partial charge in [0.15, 0.2) is 22.5 Å². The maximum Gasteiger partial charge on any atom is 0.234 e. The van der Waals surface area contributed by atoms with Crippen LogP contribution in [0.25, 0.3) is 17.1 Å². The first-order valence-electron chi connectivity index (χ1n) is 10.7. The number of nitrogens with zero attached hydrogens (tertiary/aromatic N) is 3. The summed E-state index contributed by atoms with van der Waals surface area (Å²) in [6, 6.07) is 20.9. The van der Waals surface area contributed by atoms with Gasteiger partial charge in [0.25, 0.3) is 0 Å². The third-order valence-electron chi connectivity index (χ3n) is 5.17. The van der Waals surface area contributed by atoms with E-state index in [0.717, 1.165) is 16.8 Å². The van der Waals surface area contributed by atoms with Crippen molar-refractivity contribution in [2.45, 2.75) is 12.1 Å². The summed E-state index contributed by atoms with van der Waals surface area (Å²) in [7, 11) is 0. The molecule has 1 aliphatic heterocycles. The average Bonchev–Trinajstić information content (AvgIpc) is 3.27. The Morgan fingerprint density at radius 2 is 1.82 bits per heavy atom. The van der Waals surface area contributed by atoms with Crippen LogP contribution in [0.3, 0.4) is 0 Å². The number of carbonyl (C=O) groups is 1. The predicted octanol–water partition coefficient (Wildman–Crippen LogP) is 5.40. The van der Waals surface area contributed by atoms with Gasteiger partial charge in [-0.15, -0.1) is 10.2 Å². The van der Waals surface area contributed by atoms with Crippen molar-refractivity contribution in [3.8, 4) is 28.6 Å². The fourth-order valence-electron chi connectivity index (χ4n) is 3.55. The van der Waals surface area contributed by atoms with Gasteiger partial charge in [-0.05, 0) is 43.3 Å². The second-order valence-electron chi connectivity index (χ2n) is 7.68.